The second-order valence-corrected chi connectivity index (χ2v) is 4.26. The standard InChI is InChI=1S/C12H16N4O/c1-8(2)16-7-10(6-15-16)17-12-11(13)4-9(3)5-14-12/h4-8H,13H2,1-3H3. The van der Waals surface area contributed by atoms with Crippen molar-refractivity contribution in [1.29, 1.82) is 0 Å². The number of aromatic nitrogens is 3. The van der Waals surface area contributed by atoms with Crippen LogP contribution in [0.15, 0.2) is 24.7 Å². The van der Waals surface area contributed by atoms with Gasteiger partial charge in [-0.1, -0.05) is 0 Å². The zero-order chi connectivity index (χ0) is 12.4. The number of ether oxygens (including phenoxy) is 1. The Morgan fingerprint density at radius 2 is 2.12 bits per heavy atom. The van der Waals surface area contributed by atoms with Crippen molar-refractivity contribution in [1.82, 2.24) is 14.8 Å². The van der Waals surface area contributed by atoms with Gasteiger partial charge < -0.3 is 10.5 Å². The molecule has 0 aliphatic carbocycles. The summed E-state index contributed by atoms with van der Waals surface area (Å²) in [5, 5.41) is 4.18. The fourth-order valence-electron chi connectivity index (χ4n) is 1.43. The highest BCUT2D eigenvalue weighted by Crippen LogP contribution is 2.25. The van der Waals surface area contributed by atoms with Gasteiger partial charge in [-0.05, 0) is 32.4 Å². The molecule has 90 valence electrons. The van der Waals surface area contributed by atoms with Gasteiger partial charge >= 0.3 is 0 Å². The van der Waals surface area contributed by atoms with Crippen molar-refractivity contribution in [2.24, 2.45) is 0 Å². The second kappa shape index (κ2) is 4.45. The number of aryl methyl sites for hydroxylation is 1. The summed E-state index contributed by atoms with van der Waals surface area (Å²) >= 11 is 0. The Morgan fingerprint density at radius 1 is 1.35 bits per heavy atom. The molecule has 0 bridgehead atoms. The SMILES string of the molecule is Cc1cnc(Oc2cnn(C(C)C)c2)c(N)c1. The average Bonchev–Trinajstić information content (AvgIpc) is 2.71. The molecule has 0 saturated heterocycles. The number of pyridine rings is 1. The molecule has 5 nitrogen and oxygen atoms in total. The number of nitrogen functional groups attached to an aromatic ring is 1. The average molecular weight is 232 g/mol. The van der Waals surface area contributed by atoms with Crippen LogP contribution in [0.4, 0.5) is 5.69 Å². The molecule has 2 aromatic heterocycles. The van der Waals surface area contributed by atoms with Crippen LogP contribution in [0.2, 0.25) is 0 Å². The first-order chi connectivity index (χ1) is 8.06. The van der Waals surface area contributed by atoms with Crippen LogP contribution in [0.1, 0.15) is 25.5 Å². The van der Waals surface area contributed by atoms with Gasteiger partial charge in [0.2, 0.25) is 5.88 Å². The van der Waals surface area contributed by atoms with E-state index in [4.69, 9.17) is 10.5 Å². The quantitative estimate of drug-likeness (QED) is 0.883. The summed E-state index contributed by atoms with van der Waals surface area (Å²) in [7, 11) is 0. The molecule has 0 radical (unpaired) electrons. The van der Waals surface area contributed by atoms with Gasteiger partial charge in [-0.25, -0.2) is 4.98 Å². The van der Waals surface area contributed by atoms with E-state index in [-0.39, 0.29) is 0 Å². The summed E-state index contributed by atoms with van der Waals surface area (Å²) in [5.74, 6) is 1.06. The third-order valence-corrected chi connectivity index (χ3v) is 2.34. The number of hydrogen-bond donors (Lipinski definition) is 1. The summed E-state index contributed by atoms with van der Waals surface area (Å²) in [6.07, 6.45) is 5.20. The zero-order valence-corrected chi connectivity index (χ0v) is 10.2. The van der Waals surface area contributed by atoms with Gasteiger partial charge in [0, 0.05) is 12.2 Å². The van der Waals surface area contributed by atoms with Crippen LogP contribution in [-0.2, 0) is 0 Å². The van der Waals surface area contributed by atoms with E-state index in [2.05, 4.69) is 23.9 Å². The van der Waals surface area contributed by atoms with Gasteiger partial charge in [-0.3, -0.25) is 4.68 Å². The molecule has 0 aromatic carbocycles. The Bertz CT molecular complexity index is 519. The number of rotatable bonds is 3. The van der Waals surface area contributed by atoms with Crippen molar-refractivity contribution in [3.8, 4) is 11.6 Å². The summed E-state index contributed by atoms with van der Waals surface area (Å²) < 4.78 is 7.39. The smallest absolute Gasteiger partial charge is 0.242 e. The molecular formula is C12H16N4O. The zero-order valence-electron chi connectivity index (χ0n) is 10.2. The molecule has 2 N–H and O–H groups in total. The predicted octanol–water partition coefficient (Wildman–Crippen LogP) is 2.54. The van der Waals surface area contributed by atoms with Crippen LogP contribution in [0, 0.1) is 6.92 Å². The highest BCUT2D eigenvalue weighted by molar-refractivity contribution is 5.50. The van der Waals surface area contributed by atoms with Gasteiger partial charge in [0.05, 0.1) is 18.1 Å². The fourth-order valence-corrected chi connectivity index (χ4v) is 1.43. The maximum atomic E-state index is 5.82. The molecule has 0 fully saturated rings. The molecule has 0 saturated carbocycles. The molecular weight excluding hydrogens is 216 g/mol. The van der Waals surface area contributed by atoms with E-state index in [1.807, 2.05) is 23.9 Å². The molecule has 0 spiro atoms. The van der Waals surface area contributed by atoms with Crippen molar-refractivity contribution < 1.29 is 4.74 Å². The normalized spacial score (nSPS) is 10.8. The highest BCUT2D eigenvalue weighted by atomic mass is 16.5. The van der Waals surface area contributed by atoms with E-state index in [1.54, 1.807) is 12.4 Å². The molecule has 5 heteroatoms. The lowest BCUT2D eigenvalue weighted by Gasteiger charge is -2.06. The number of nitrogens with two attached hydrogens (primary N) is 1. The van der Waals surface area contributed by atoms with Gasteiger partial charge in [0.1, 0.15) is 0 Å². The van der Waals surface area contributed by atoms with Crippen molar-refractivity contribution in [3.05, 3.63) is 30.2 Å². The Labute approximate surface area is 100 Å². The van der Waals surface area contributed by atoms with Crippen molar-refractivity contribution in [2.75, 3.05) is 5.73 Å². The first kappa shape index (κ1) is 11.4. The van der Waals surface area contributed by atoms with Gasteiger partial charge in [-0.2, -0.15) is 5.10 Å². The van der Waals surface area contributed by atoms with Crippen molar-refractivity contribution in [2.45, 2.75) is 26.8 Å². The third-order valence-electron chi connectivity index (χ3n) is 2.34. The maximum Gasteiger partial charge on any atom is 0.242 e. The molecule has 0 aliphatic rings. The minimum absolute atomic E-state index is 0.302. The largest absolute Gasteiger partial charge is 0.434 e. The number of anilines is 1. The Balaban J connectivity index is 2.19. The van der Waals surface area contributed by atoms with Crippen LogP contribution in [0.5, 0.6) is 11.6 Å². The van der Waals surface area contributed by atoms with Crippen LogP contribution >= 0.6 is 0 Å². The van der Waals surface area contributed by atoms with E-state index >= 15 is 0 Å². The van der Waals surface area contributed by atoms with Gasteiger partial charge in [0.15, 0.2) is 5.75 Å². The van der Waals surface area contributed by atoms with Crippen LogP contribution < -0.4 is 10.5 Å². The van der Waals surface area contributed by atoms with Crippen LogP contribution in [0.25, 0.3) is 0 Å². The van der Waals surface area contributed by atoms with E-state index < -0.39 is 0 Å². The second-order valence-electron chi connectivity index (χ2n) is 4.26. The molecule has 2 rings (SSSR count). The third kappa shape index (κ3) is 2.55. The lowest BCUT2D eigenvalue weighted by Crippen LogP contribution is -2.00. The highest BCUT2D eigenvalue weighted by Gasteiger charge is 2.07. The lowest BCUT2D eigenvalue weighted by atomic mass is 10.3. The Kier molecular flexibility index (Phi) is 2.99. The minimum atomic E-state index is 0.302. The van der Waals surface area contributed by atoms with Crippen molar-refractivity contribution in [3.63, 3.8) is 0 Å². The summed E-state index contributed by atoms with van der Waals surface area (Å²) in [5.41, 5.74) is 7.36. The molecule has 0 amide bonds. The minimum Gasteiger partial charge on any atom is -0.434 e. The van der Waals surface area contributed by atoms with E-state index in [9.17, 15) is 0 Å². The van der Waals surface area contributed by atoms with Gasteiger partial charge in [-0.15, -0.1) is 0 Å². The molecule has 2 heterocycles. The summed E-state index contributed by atoms with van der Waals surface area (Å²) in [6.45, 7) is 6.04. The van der Waals surface area contributed by atoms with E-state index in [0.29, 0.717) is 23.4 Å². The maximum absolute atomic E-state index is 5.82. The van der Waals surface area contributed by atoms with Gasteiger partial charge in [0.25, 0.3) is 0 Å². The molecule has 0 aliphatic heterocycles. The first-order valence-electron chi connectivity index (χ1n) is 5.50. The number of hydrogen-bond acceptors (Lipinski definition) is 4. The predicted molar refractivity (Wildman–Crippen MR) is 66.1 cm³/mol. The molecule has 2 aromatic rings. The lowest BCUT2D eigenvalue weighted by molar-refractivity contribution is 0.461. The molecule has 0 unspecified atom stereocenters. The number of nitrogens with zero attached hydrogens (tertiary/aromatic N) is 3. The summed E-state index contributed by atoms with van der Waals surface area (Å²) in [6, 6.07) is 2.13. The van der Waals surface area contributed by atoms with Crippen LogP contribution in [0.3, 0.4) is 0 Å². The van der Waals surface area contributed by atoms with Crippen LogP contribution in [-0.4, -0.2) is 14.8 Å². The molecule has 17 heavy (non-hydrogen) atoms. The first-order valence-corrected chi connectivity index (χ1v) is 5.50. The van der Waals surface area contributed by atoms with E-state index in [0.717, 1.165) is 5.56 Å². The van der Waals surface area contributed by atoms with Crippen molar-refractivity contribution >= 4 is 5.69 Å². The molecule has 0 atom stereocenters. The summed E-state index contributed by atoms with van der Waals surface area (Å²) in [4.78, 5) is 4.14. The topological polar surface area (TPSA) is 66.0 Å². The monoisotopic (exact) mass is 232 g/mol. The van der Waals surface area contributed by atoms with E-state index in [1.165, 1.54) is 0 Å². The Morgan fingerprint density at radius 3 is 2.71 bits per heavy atom. The fraction of sp³-hybridized carbons (Fsp3) is 0.333. The Hall–Kier alpha value is -2.04.